The lowest BCUT2D eigenvalue weighted by atomic mass is 9.45. The molecule has 2 aromatic heterocycles. The summed E-state index contributed by atoms with van der Waals surface area (Å²) in [5, 5.41) is 56.0. The molecule has 9 fully saturated rings. The first-order chi connectivity index (χ1) is 60.1. The average molecular weight is 1790 g/mol. The first kappa shape index (κ1) is 94.8. The molecule has 5 aliphatic heterocycles. The molecule has 0 spiro atoms. The molecule has 5 saturated heterocycles. The van der Waals surface area contributed by atoms with Gasteiger partial charge in [-0.3, -0.25) is 24.5 Å². The van der Waals surface area contributed by atoms with Gasteiger partial charge in [0.05, 0.1) is 55.0 Å². The lowest BCUT2D eigenvalue weighted by Gasteiger charge is -2.68. The molecule has 128 heavy (non-hydrogen) atoms. The van der Waals surface area contributed by atoms with Crippen molar-refractivity contribution in [2.45, 2.75) is 293 Å². The van der Waals surface area contributed by atoms with Crippen LogP contribution in [0, 0.1) is 45.1 Å². The Balaban J connectivity index is 0.000000208. The van der Waals surface area contributed by atoms with E-state index in [1.54, 1.807) is 137 Å². The zero-order valence-electron chi connectivity index (χ0n) is 75.3. The van der Waals surface area contributed by atoms with Crippen LogP contribution in [0.1, 0.15) is 200 Å². The Hall–Kier alpha value is -9.30. The number of carbonyl (C=O) groups excluding carboxylic acids is 8. The molecule has 4 saturated carbocycles. The lowest BCUT2D eigenvalue weighted by Crippen LogP contribution is -2.79. The van der Waals surface area contributed by atoms with Crippen LogP contribution in [-0.2, 0) is 90.2 Å². The maximum absolute atomic E-state index is 15.4. The van der Waals surface area contributed by atoms with Crippen molar-refractivity contribution in [1.82, 2.24) is 25.5 Å². The first-order valence-electron chi connectivity index (χ1n) is 43.6. The van der Waals surface area contributed by atoms with E-state index in [1.165, 1.54) is 44.4 Å². The maximum atomic E-state index is 15.4. The minimum Gasteiger partial charge on any atom is -0.456 e. The molecular weight excluding hydrogens is 1670 g/mol. The van der Waals surface area contributed by atoms with E-state index in [0.717, 1.165) is 25.1 Å². The third kappa shape index (κ3) is 17.0. The van der Waals surface area contributed by atoms with E-state index in [0.29, 0.717) is 61.1 Å². The summed E-state index contributed by atoms with van der Waals surface area (Å²) < 4.78 is 125. The Morgan fingerprint density at radius 2 is 1.00 bits per heavy atom. The third-order valence-electron chi connectivity index (χ3n) is 28.4. The van der Waals surface area contributed by atoms with Gasteiger partial charge in [0, 0.05) is 87.0 Å². The number of nitrogens with one attached hydrogen (secondary N) is 2. The Labute approximate surface area is 742 Å². The summed E-state index contributed by atoms with van der Waals surface area (Å²) in [5.74, 6) is -9.18. The van der Waals surface area contributed by atoms with E-state index in [2.05, 4.69) is 32.1 Å². The average Bonchev–Trinajstić information content (AvgIpc) is 1.14. The number of fused-ring (bicyclic) bond motifs is 16. The highest BCUT2D eigenvalue weighted by Gasteiger charge is 2.80. The van der Waals surface area contributed by atoms with Crippen molar-refractivity contribution in [3.63, 3.8) is 0 Å². The number of alkyl carbamates (subject to hydrolysis) is 2. The van der Waals surface area contributed by atoms with Crippen molar-refractivity contribution in [2.24, 2.45) is 33.5 Å². The highest BCUT2D eigenvalue weighted by molar-refractivity contribution is 5.90. The standard InChI is InChI=1S/C49H64FN3O14.C45H55FN2O13/c1-26-31(62-43(57)37(55)36(35-30(50)16-13-20-51-35)52-44(58)67-45(3,4)5)22-49(59)41(65-42(56)28-14-11-10-12-15-28)39-47(8,19-17-32-48(39,25-61-32)66-27(2)54)40-38(34(26)46(49,6)7)63-33(64-40)23-53-21-18-29(53)24-60-9;1-10-29-57-34-30-23(2)27(56-39(52)33(50)32(31-26(46)17-14-20-47-31)48-40(53)61-41(4,5)6)21-45(54,42(30,7)8)37(59-38(51)25-15-12-11-13-16-25)35-43(9,36(34)58-29)19-18-28-44(35,22-55-28)60-24(3)49/h10-16,20,29,31-33,36-41,55,59H,17-19,21-25H2,1-9H3,(H,52,58);10-17,20,27-29,32-37,50,54H,1,18-19,21-22H2,2-9H3,(H,48,53)/t29-,31+,32-,33-,36+,37-,38-,39+,40-,41+,47-,48+,49-;27-,28+,29+,32-,33+,34+,35-,36+,37-,43+,44-,45+/m10/s1. The highest BCUT2D eigenvalue weighted by atomic mass is 19.1. The number of aliphatic hydroxyl groups excluding tert-OH is 2. The molecule has 696 valence electrons. The summed E-state index contributed by atoms with van der Waals surface area (Å²) in [4.78, 5) is 120. The summed E-state index contributed by atoms with van der Waals surface area (Å²) in [7, 11) is 1.65. The number of likely N-dealkylation sites (tertiary alicyclic amines) is 1. The molecule has 6 N–H and O–H groups in total. The van der Waals surface area contributed by atoms with Gasteiger partial charge in [-0.25, -0.2) is 37.5 Å². The molecule has 32 nitrogen and oxygen atoms in total. The van der Waals surface area contributed by atoms with E-state index in [-0.39, 0.29) is 30.4 Å². The monoisotopic (exact) mass is 1790 g/mol. The van der Waals surface area contributed by atoms with Gasteiger partial charge < -0.3 is 102 Å². The second-order valence-electron chi connectivity index (χ2n) is 39.2. The number of aromatic nitrogens is 2. The number of esters is 6. The first-order valence-corrected chi connectivity index (χ1v) is 43.6. The molecule has 6 aliphatic carbocycles. The summed E-state index contributed by atoms with van der Waals surface area (Å²) in [6, 6.07) is 17.9. The van der Waals surface area contributed by atoms with Gasteiger partial charge in [0.15, 0.2) is 36.0 Å². The Morgan fingerprint density at radius 3 is 1.36 bits per heavy atom. The fraction of sp³-hybridized carbons (Fsp3) is 0.617. The van der Waals surface area contributed by atoms with Gasteiger partial charge in [0.25, 0.3) is 0 Å². The number of benzene rings is 2. The van der Waals surface area contributed by atoms with Crippen molar-refractivity contribution in [3.05, 3.63) is 166 Å². The van der Waals surface area contributed by atoms with E-state index in [1.807, 2.05) is 27.7 Å². The van der Waals surface area contributed by atoms with Gasteiger partial charge in [-0.2, -0.15) is 0 Å². The number of amides is 2. The molecule has 0 unspecified atom stereocenters. The predicted octanol–water partition coefficient (Wildman–Crippen LogP) is 9.91. The van der Waals surface area contributed by atoms with Crippen molar-refractivity contribution in [2.75, 3.05) is 40.0 Å². The van der Waals surface area contributed by atoms with Crippen molar-refractivity contribution in [3.8, 4) is 0 Å². The van der Waals surface area contributed by atoms with E-state index >= 15 is 8.78 Å². The molecule has 15 rings (SSSR count). The summed E-state index contributed by atoms with van der Waals surface area (Å²) in [5.41, 5.74) is -12.5. The molecular formula is C94H119F2N5O27. The smallest absolute Gasteiger partial charge is 0.408 e. The Bertz CT molecular complexity index is 4970. The van der Waals surface area contributed by atoms with Gasteiger partial charge >= 0.3 is 48.0 Å². The molecule has 2 aromatic carbocycles. The number of nitrogens with zero attached hydrogens (tertiary/aromatic N) is 3. The summed E-state index contributed by atoms with van der Waals surface area (Å²) in [6.45, 7) is 32.3. The van der Waals surface area contributed by atoms with Crippen LogP contribution in [0.2, 0.25) is 0 Å². The van der Waals surface area contributed by atoms with Gasteiger partial charge in [-0.05, 0) is 164 Å². The lowest BCUT2D eigenvalue weighted by molar-refractivity contribution is -0.345. The van der Waals surface area contributed by atoms with Crippen molar-refractivity contribution >= 4 is 48.0 Å². The van der Waals surface area contributed by atoms with Crippen molar-refractivity contribution < 1.29 is 139 Å². The van der Waals surface area contributed by atoms with Crippen LogP contribution in [0.25, 0.3) is 0 Å². The maximum Gasteiger partial charge on any atom is 0.408 e. The number of carbonyl (C=O) groups is 8. The number of ether oxygens (including phenoxy) is 15. The molecule has 0 radical (unpaired) electrons. The van der Waals surface area contributed by atoms with Crippen LogP contribution in [-0.4, -0.2) is 249 Å². The van der Waals surface area contributed by atoms with Crippen LogP contribution < -0.4 is 10.6 Å². The van der Waals surface area contributed by atoms with E-state index < -0.39 is 249 Å². The van der Waals surface area contributed by atoms with Gasteiger partial charge in [-0.1, -0.05) is 84.5 Å². The van der Waals surface area contributed by atoms with Gasteiger partial charge in [0.2, 0.25) is 0 Å². The molecule has 7 heterocycles. The van der Waals surface area contributed by atoms with E-state index in [4.69, 9.17) is 71.1 Å². The minimum absolute atomic E-state index is 0.0655. The second-order valence-corrected chi connectivity index (χ2v) is 39.2. The Kier molecular flexibility index (Phi) is 26.2. The molecule has 25 atom stereocenters. The molecule has 4 aromatic rings. The molecule has 11 aliphatic rings. The fourth-order valence-electron chi connectivity index (χ4n) is 22.2. The molecule has 4 bridgehead atoms. The SMILES string of the molecule is C=C[C@@H]1O[C@@H]2C3=C(C)[C@@H](OC(=O)[C@H](O)[C@@H](NC(=O)OC(C)(C)C)c4ncccc4F)C[C@@](O)([C@@H](OC(=O)c4ccccc4)[C@H]4[C@@](C)(CC[C@H]5OC[C@]54OC(C)=O)[C@@H]2O1)C3(C)C.COC[C@H]1CCN1C[C@@H]1O[C@@H]2C3=C(C)[C@@H](OC(=O)[C@H](O)[C@@H](NC(=O)OC(C)(C)C)c4ncccc4F)C[C@@](O)([C@@H](OC(=O)c4ccccc4)[C@H]4[C@@](C)(CC[C@H]5OC[C@]54OC(C)=O)[C@@H]2O1)C3(C)C. The quantitative estimate of drug-likeness (QED) is 0.0256. The Morgan fingerprint density at radius 1 is 0.586 bits per heavy atom. The van der Waals surface area contributed by atoms with Crippen LogP contribution in [0.4, 0.5) is 18.4 Å². The zero-order valence-corrected chi connectivity index (χ0v) is 75.3. The number of methoxy groups -OCH3 is 1. The number of hydrogen-bond acceptors (Lipinski definition) is 30. The van der Waals surface area contributed by atoms with E-state index in [9.17, 15) is 58.8 Å². The van der Waals surface area contributed by atoms with Crippen LogP contribution in [0.5, 0.6) is 0 Å². The topological polar surface area (TPSA) is 409 Å². The highest BCUT2D eigenvalue weighted by Crippen LogP contribution is 2.70. The van der Waals surface area contributed by atoms with Crippen LogP contribution in [0.3, 0.4) is 0 Å². The summed E-state index contributed by atoms with van der Waals surface area (Å²) in [6.07, 6.45) is -12.9. The van der Waals surface area contributed by atoms with Crippen LogP contribution in [0.15, 0.2) is 132 Å². The van der Waals surface area contributed by atoms with Crippen LogP contribution >= 0.6 is 0 Å². The zero-order chi connectivity index (χ0) is 92.9. The summed E-state index contributed by atoms with van der Waals surface area (Å²) >= 11 is 0. The third-order valence-corrected chi connectivity index (χ3v) is 28.4. The number of aliphatic hydroxyl groups is 4. The largest absolute Gasteiger partial charge is 0.456 e. The normalized spacial score (nSPS) is 34.9. The predicted molar refractivity (Wildman–Crippen MR) is 447 cm³/mol. The molecule has 2 amide bonds. The number of hydrogen-bond donors (Lipinski definition) is 6. The number of pyridine rings is 2. The second kappa shape index (κ2) is 35.4. The minimum atomic E-state index is -2.25. The number of rotatable bonds is 21. The van der Waals surface area contributed by atoms with Gasteiger partial charge in [0.1, 0.15) is 106 Å². The van der Waals surface area contributed by atoms with Gasteiger partial charge in [-0.15, -0.1) is 0 Å². The fourth-order valence-corrected chi connectivity index (χ4v) is 22.2. The molecule has 34 heteroatoms. The van der Waals surface area contributed by atoms with Crippen molar-refractivity contribution in [1.29, 1.82) is 0 Å². The number of halogens is 2.